The topological polar surface area (TPSA) is 181 Å². The van der Waals surface area contributed by atoms with Crippen LogP contribution in [0, 0.1) is 39.4 Å². The SMILES string of the molecule is C.C.C.C.C.C.CCC(C)(CC(C)(CC(C)(C)C(=O)OC1(C)CC(C)(C)OC1=O)C(=O)OC12CC3CC(CC(O)(C3)C1)C2)C(=O)OC12CC3CC(O)(C1)CC(C(=O)OC1CCCCO1)(C3)C2. The molecule has 2 heterocycles. The van der Waals surface area contributed by atoms with Crippen molar-refractivity contribution in [2.45, 2.75) is 262 Å². The molecule has 10 fully saturated rings. The van der Waals surface area contributed by atoms with Crippen LogP contribution < -0.4 is 0 Å². The quantitative estimate of drug-likeness (QED) is 0.132. The molecule has 10 unspecified atom stereocenters. The van der Waals surface area contributed by atoms with Crippen LogP contribution in [-0.2, 0) is 52.4 Å². The zero-order chi connectivity index (χ0) is 43.6. The Morgan fingerprint density at radius 3 is 1.74 bits per heavy atom. The van der Waals surface area contributed by atoms with E-state index in [1.165, 1.54) is 0 Å². The van der Waals surface area contributed by atoms with Gasteiger partial charge in [0, 0.05) is 32.1 Å². The van der Waals surface area contributed by atoms with Gasteiger partial charge in [0.15, 0.2) is 0 Å². The Bertz CT molecular complexity index is 1790. The molecule has 8 bridgehead atoms. The molecule has 0 aromatic carbocycles. The molecule has 384 valence electrons. The fourth-order valence-corrected chi connectivity index (χ4v) is 14.7. The summed E-state index contributed by atoms with van der Waals surface area (Å²) in [6.07, 6.45) is 8.47. The maximum atomic E-state index is 15.1. The first kappa shape index (κ1) is 59.4. The fraction of sp³-hybridized carbons (Fsp3) is 0.906. The van der Waals surface area contributed by atoms with Gasteiger partial charge in [-0.25, -0.2) is 4.79 Å². The van der Waals surface area contributed by atoms with Gasteiger partial charge in [0.1, 0.15) is 16.8 Å². The molecule has 10 rings (SSSR count). The molecular weight excluding hydrogens is 845 g/mol. The smallest absolute Gasteiger partial charge is 0.351 e. The monoisotopic (exact) mass is 939 g/mol. The number of cyclic esters (lactones) is 1. The summed E-state index contributed by atoms with van der Waals surface area (Å²) in [6, 6.07) is 0. The highest BCUT2D eigenvalue weighted by molar-refractivity contribution is 5.88. The molecule has 10 aliphatic rings. The van der Waals surface area contributed by atoms with Gasteiger partial charge in [-0.3, -0.25) is 19.2 Å². The van der Waals surface area contributed by atoms with Gasteiger partial charge in [-0.05, 0) is 156 Å². The van der Waals surface area contributed by atoms with Crippen molar-refractivity contribution in [2.24, 2.45) is 39.4 Å². The van der Waals surface area contributed by atoms with Gasteiger partial charge in [0.05, 0.1) is 39.5 Å². The molecule has 0 radical (unpaired) electrons. The van der Waals surface area contributed by atoms with Crippen molar-refractivity contribution in [2.75, 3.05) is 6.61 Å². The molecule has 10 atom stereocenters. The van der Waals surface area contributed by atoms with Crippen molar-refractivity contribution in [1.82, 2.24) is 0 Å². The summed E-state index contributed by atoms with van der Waals surface area (Å²) >= 11 is 0. The molecular formula is C53H94O13. The van der Waals surface area contributed by atoms with Crippen molar-refractivity contribution < 1.29 is 62.6 Å². The van der Waals surface area contributed by atoms with Crippen molar-refractivity contribution in [1.29, 1.82) is 0 Å². The minimum absolute atomic E-state index is 0. The van der Waals surface area contributed by atoms with Gasteiger partial charge in [-0.2, -0.15) is 0 Å². The Morgan fingerprint density at radius 1 is 0.652 bits per heavy atom. The maximum absolute atomic E-state index is 15.1. The van der Waals surface area contributed by atoms with E-state index in [0.29, 0.717) is 64.4 Å². The van der Waals surface area contributed by atoms with Crippen molar-refractivity contribution in [3.8, 4) is 0 Å². The normalized spacial score (nSPS) is 39.2. The average Bonchev–Trinajstić information content (AvgIpc) is 3.30. The Hall–Kier alpha value is -2.77. The maximum Gasteiger partial charge on any atom is 0.351 e. The molecule has 0 aromatic rings. The van der Waals surface area contributed by atoms with Gasteiger partial charge < -0.3 is 38.6 Å². The van der Waals surface area contributed by atoms with E-state index in [-0.39, 0.29) is 107 Å². The van der Waals surface area contributed by atoms with E-state index in [2.05, 4.69) is 0 Å². The molecule has 66 heavy (non-hydrogen) atoms. The lowest BCUT2D eigenvalue weighted by Crippen LogP contribution is -2.67. The molecule has 2 aliphatic heterocycles. The molecule has 0 aromatic heterocycles. The molecule has 2 saturated heterocycles. The van der Waals surface area contributed by atoms with Crippen molar-refractivity contribution in [3.05, 3.63) is 0 Å². The summed E-state index contributed by atoms with van der Waals surface area (Å²) in [7, 11) is 0. The molecule has 8 saturated carbocycles. The van der Waals surface area contributed by atoms with E-state index >= 15 is 4.79 Å². The summed E-state index contributed by atoms with van der Waals surface area (Å²) in [5, 5.41) is 23.5. The van der Waals surface area contributed by atoms with Crippen LogP contribution in [0.1, 0.15) is 222 Å². The minimum atomic E-state index is -1.51. The Kier molecular flexibility index (Phi) is 17.3. The van der Waals surface area contributed by atoms with Gasteiger partial charge >= 0.3 is 29.8 Å². The summed E-state index contributed by atoms with van der Waals surface area (Å²) in [6.45, 7) is 14.3. The predicted molar refractivity (Wildman–Crippen MR) is 255 cm³/mol. The summed E-state index contributed by atoms with van der Waals surface area (Å²) < 4.78 is 36.5. The third-order valence-corrected chi connectivity index (χ3v) is 16.2. The van der Waals surface area contributed by atoms with Crippen LogP contribution in [0.5, 0.6) is 0 Å². The first-order valence-electron chi connectivity index (χ1n) is 22.9. The number of hydrogen-bond acceptors (Lipinski definition) is 13. The lowest BCUT2D eigenvalue weighted by molar-refractivity contribution is -0.259. The minimum Gasteiger partial charge on any atom is -0.459 e. The highest BCUT2D eigenvalue weighted by atomic mass is 16.7. The van der Waals surface area contributed by atoms with Crippen LogP contribution in [-0.4, -0.2) is 86.6 Å². The molecule has 0 spiro atoms. The lowest BCUT2D eigenvalue weighted by atomic mass is 9.46. The van der Waals surface area contributed by atoms with Crippen LogP contribution in [0.15, 0.2) is 0 Å². The largest absolute Gasteiger partial charge is 0.459 e. The second-order valence-corrected chi connectivity index (χ2v) is 23.7. The number of carbonyl (C=O) groups excluding carboxylic acids is 5. The summed E-state index contributed by atoms with van der Waals surface area (Å²) in [5.74, 6) is -2.35. The van der Waals surface area contributed by atoms with Crippen molar-refractivity contribution in [3.63, 3.8) is 0 Å². The van der Waals surface area contributed by atoms with Crippen LogP contribution in [0.25, 0.3) is 0 Å². The van der Waals surface area contributed by atoms with Crippen molar-refractivity contribution >= 4 is 29.8 Å². The molecule has 2 N–H and O–H groups in total. The lowest BCUT2D eigenvalue weighted by Gasteiger charge is -2.63. The van der Waals surface area contributed by atoms with E-state index in [4.69, 9.17) is 28.4 Å². The number of esters is 5. The van der Waals surface area contributed by atoms with E-state index in [1.54, 1.807) is 48.5 Å². The molecule has 13 nitrogen and oxygen atoms in total. The van der Waals surface area contributed by atoms with E-state index in [1.807, 2.05) is 6.92 Å². The fourth-order valence-electron chi connectivity index (χ4n) is 14.7. The second kappa shape index (κ2) is 19.2. The second-order valence-electron chi connectivity index (χ2n) is 23.7. The zero-order valence-electron chi connectivity index (χ0n) is 37.3. The van der Waals surface area contributed by atoms with E-state index < -0.39 is 91.4 Å². The van der Waals surface area contributed by atoms with Crippen LogP contribution in [0.3, 0.4) is 0 Å². The zero-order valence-corrected chi connectivity index (χ0v) is 37.3. The standard InChI is InChI=1S/C47H70O13.6CH4/c1-9-40(6,34(49)60-47-21-31-15-43(26-47,25-45(54,18-31)28-47)37(52)56-32-12-10-11-13-55-32)24-41(7,22-38(2,3)33(48)58-42(8)23-39(4,5)57-36(42)51)35(50)59-46-19-29-14-30(20-46)17-44(53,16-29)27-46;;;;;;/h29-32,53-54H,9-28H2,1-8H3;6*1H4. The van der Waals surface area contributed by atoms with Crippen LogP contribution >= 0.6 is 0 Å². The highest BCUT2D eigenvalue weighted by Crippen LogP contribution is 2.66. The third kappa shape index (κ3) is 10.8. The number of rotatable bonds is 13. The van der Waals surface area contributed by atoms with Crippen LogP contribution in [0.2, 0.25) is 0 Å². The van der Waals surface area contributed by atoms with E-state index in [0.717, 1.165) is 19.3 Å². The average molecular weight is 939 g/mol. The number of ether oxygens (including phenoxy) is 6. The number of carbonyl (C=O) groups is 5. The predicted octanol–water partition coefficient (Wildman–Crippen LogP) is 10.8. The summed E-state index contributed by atoms with van der Waals surface area (Å²) in [5.41, 5.74) is -11.4. The van der Waals surface area contributed by atoms with E-state index in [9.17, 15) is 29.4 Å². The summed E-state index contributed by atoms with van der Waals surface area (Å²) in [4.78, 5) is 71.2. The Morgan fingerprint density at radius 2 is 1.21 bits per heavy atom. The van der Waals surface area contributed by atoms with Gasteiger partial charge in [-0.1, -0.05) is 51.5 Å². The van der Waals surface area contributed by atoms with Gasteiger partial charge in [0.2, 0.25) is 11.9 Å². The number of aliphatic hydroxyl groups is 2. The number of hydrogen-bond donors (Lipinski definition) is 2. The van der Waals surface area contributed by atoms with Crippen LogP contribution in [0.4, 0.5) is 0 Å². The Labute approximate surface area is 399 Å². The first-order chi connectivity index (χ1) is 27.7. The molecule has 8 aliphatic carbocycles. The third-order valence-electron chi connectivity index (χ3n) is 16.2. The van der Waals surface area contributed by atoms with Gasteiger partial charge in [-0.15, -0.1) is 0 Å². The highest BCUT2D eigenvalue weighted by Gasteiger charge is 2.69. The first-order valence-corrected chi connectivity index (χ1v) is 22.9. The molecule has 0 amide bonds. The van der Waals surface area contributed by atoms with Gasteiger partial charge in [0.25, 0.3) is 0 Å². The molecule has 13 heteroatoms. The Balaban J connectivity index is 0.00000249.